The summed E-state index contributed by atoms with van der Waals surface area (Å²) in [6.45, 7) is 5.71. The van der Waals surface area contributed by atoms with Crippen LogP contribution in [0.25, 0.3) is 0 Å². The van der Waals surface area contributed by atoms with Gasteiger partial charge in [0.1, 0.15) is 11.5 Å². The minimum atomic E-state index is -0.533. The summed E-state index contributed by atoms with van der Waals surface area (Å²) < 4.78 is 17.7. The van der Waals surface area contributed by atoms with Crippen molar-refractivity contribution in [3.8, 4) is 0 Å². The maximum absolute atomic E-state index is 12.4. The summed E-state index contributed by atoms with van der Waals surface area (Å²) in [6.07, 6.45) is 3.15. The molecule has 3 aromatic heterocycles. The van der Waals surface area contributed by atoms with E-state index in [4.69, 9.17) is 13.6 Å². The van der Waals surface area contributed by atoms with Gasteiger partial charge in [-0.2, -0.15) is 0 Å². The topological polar surface area (TPSA) is 86.6 Å². The van der Waals surface area contributed by atoms with Gasteiger partial charge in [0.05, 0.1) is 30.7 Å². The maximum Gasteiger partial charge on any atom is 0.340 e. The molecule has 0 bridgehead atoms. The number of carbonyl (C=O) groups excluding carboxylic acids is 2. The molecule has 0 unspecified atom stereocenters. The maximum atomic E-state index is 12.4. The van der Waals surface area contributed by atoms with Crippen LogP contribution in [0.2, 0.25) is 0 Å². The van der Waals surface area contributed by atoms with Gasteiger partial charge in [-0.1, -0.05) is 0 Å². The molecule has 1 amide bonds. The third kappa shape index (κ3) is 4.31. The van der Waals surface area contributed by atoms with Crippen LogP contribution < -0.4 is 5.32 Å². The number of carbonyl (C=O) groups is 2. The Morgan fingerprint density at radius 3 is 2.59 bits per heavy atom. The average molecular weight is 370 g/mol. The molecular weight excluding hydrogens is 348 g/mol. The number of amides is 1. The van der Waals surface area contributed by atoms with E-state index in [1.165, 1.54) is 6.26 Å². The number of esters is 1. The third-order valence-electron chi connectivity index (χ3n) is 4.37. The average Bonchev–Trinajstić information content (AvgIpc) is 3.38. The highest BCUT2D eigenvalue weighted by molar-refractivity contribution is 5.92. The smallest absolute Gasteiger partial charge is 0.340 e. The predicted molar refractivity (Wildman–Crippen MR) is 97.3 cm³/mol. The highest BCUT2D eigenvalue weighted by atomic mass is 16.5. The van der Waals surface area contributed by atoms with Crippen LogP contribution >= 0.6 is 0 Å². The molecule has 0 radical (unpaired) electrons. The van der Waals surface area contributed by atoms with Gasteiger partial charge in [0.2, 0.25) is 0 Å². The number of aryl methyl sites for hydroxylation is 1. The van der Waals surface area contributed by atoms with Gasteiger partial charge >= 0.3 is 5.97 Å². The summed E-state index contributed by atoms with van der Waals surface area (Å²) in [5.74, 6) is 0.505. The first-order valence-corrected chi connectivity index (χ1v) is 8.64. The zero-order chi connectivity index (χ0) is 19.4. The fourth-order valence-corrected chi connectivity index (χ4v) is 2.91. The molecule has 1 N–H and O–H groups in total. The van der Waals surface area contributed by atoms with Crippen LogP contribution in [0.1, 0.15) is 46.2 Å². The highest BCUT2D eigenvalue weighted by Gasteiger charge is 2.19. The molecule has 3 aromatic rings. The predicted octanol–water partition coefficient (Wildman–Crippen LogP) is 3.37. The number of hydrogen-bond acceptors (Lipinski definition) is 5. The van der Waals surface area contributed by atoms with Crippen molar-refractivity contribution in [3.63, 3.8) is 0 Å². The molecule has 0 aliphatic carbocycles. The Hall–Kier alpha value is -3.22. The monoisotopic (exact) mass is 370 g/mol. The Labute approximate surface area is 156 Å². The van der Waals surface area contributed by atoms with E-state index in [2.05, 4.69) is 5.32 Å². The van der Waals surface area contributed by atoms with Crippen molar-refractivity contribution in [1.82, 2.24) is 9.88 Å². The van der Waals surface area contributed by atoms with Crippen LogP contribution in [0.15, 0.2) is 51.7 Å². The van der Waals surface area contributed by atoms with Crippen LogP contribution in [0.5, 0.6) is 0 Å². The Morgan fingerprint density at radius 2 is 1.93 bits per heavy atom. The van der Waals surface area contributed by atoms with E-state index in [1.807, 2.05) is 30.5 Å². The van der Waals surface area contributed by atoms with E-state index in [1.54, 1.807) is 31.4 Å². The standard InChI is InChI=1S/C20H22N2O5/c1-13-10-17(15(3)22(13)11-16-6-4-8-25-16)20(24)27-12-19(23)21-14(2)18-7-5-9-26-18/h4-10,14H,11-12H2,1-3H3,(H,21,23)/t14-/m0/s1. The van der Waals surface area contributed by atoms with E-state index < -0.39 is 11.9 Å². The van der Waals surface area contributed by atoms with Crippen molar-refractivity contribution in [1.29, 1.82) is 0 Å². The van der Waals surface area contributed by atoms with Crippen LogP contribution in [-0.2, 0) is 16.1 Å². The van der Waals surface area contributed by atoms with Gasteiger partial charge in [0.15, 0.2) is 6.61 Å². The molecule has 3 rings (SSSR count). The quantitative estimate of drug-likeness (QED) is 0.644. The van der Waals surface area contributed by atoms with E-state index in [-0.39, 0.29) is 12.6 Å². The molecule has 0 saturated carbocycles. The Morgan fingerprint density at radius 1 is 1.19 bits per heavy atom. The lowest BCUT2D eigenvalue weighted by molar-refractivity contribution is -0.125. The van der Waals surface area contributed by atoms with Crippen molar-refractivity contribution in [2.75, 3.05) is 6.61 Å². The van der Waals surface area contributed by atoms with Gasteiger partial charge in [-0.25, -0.2) is 4.79 Å². The number of hydrogen-bond donors (Lipinski definition) is 1. The van der Waals surface area contributed by atoms with Crippen LogP contribution in [0.4, 0.5) is 0 Å². The molecule has 0 aromatic carbocycles. The van der Waals surface area contributed by atoms with Crippen molar-refractivity contribution in [2.45, 2.75) is 33.4 Å². The first kappa shape index (κ1) is 18.6. The molecule has 0 spiro atoms. The van der Waals surface area contributed by atoms with Crippen molar-refractivity contribution in [2.24, 2.45) is 0 Å². The molecule has 0 saturated heterocycles. The summed E-state index contributed by atoms with van der Waals surface area (Å²) >= 11 is 0. The summed E-state index contributed by atoms with van der Waals surface area (Å²) in [7, 11) is 0. The van der Waals surface area contributed by atoms with Crippen molar-refractivity contribution < 1.29 is 23.2 Å². The van der Waals surface area contributed by atoms with Crippen LogP contribution in [-0.4, -0.2) is 23.1 Å². The lowest BCUT2D eigenvalue weighted by atomic mass is 10.2. The van der Waals surface area contributed by atoms with E-state index in [0.717, 1.165) is 17.1 Å². The van der Waals surface area contributed by atoms with Gasteiger partial charge in [-0.3, -0.25) is 4.79 Å². The molecular formula is C20H22N2O5. The fourth-order valence-electron chi connectivity index (χ4n) is 2.91. The lowest BCUT2D eigenvalue weighted by Gasteiger charge is -2.11. The highest BCUT2D eigenvalue weighted by Crippen LogP contribution is 2.18. The normalized spacial score (nSPS) is 12.0. The third-order valence-corrected chi connectivity index (χ3v) is 4.37. The lowest BCUT2D eigenvalue weighted by Crippen LogP contribution is -2.31. The van der Waals surface area contributed by atoms with Crippen molar-refractivity contribution in [3.05, 3.63) is 71.3 Å². The van der Waals surface area contributed by atoms with E-state index >= 15 is 0 Å². The van der Waals surface area contributed by atoms with Crippen molar-refractivity contribution >= 4 is 11.9 Å². The Bertz CT molecular complexity index is 907. The van der Waals surface area contributed by atoms with Gasteiger partial charge in [-0.05, 0) is 51.1 Å². The zero-order valence-electron chi connectivity index (χ0n) is 15.5. The SMILES string of the molecule is Cc1cc(C(=O)OCC(=O)N[C@@H](C)c2ccco2)c(C)n1Cc1ccco1. The molecule has 7 heteroatoms. The number of aromatic nitrogens is 1. The molecule has 0 fully saturated rings. The van der Waals surface area contributed by atoms with Crippen LogP contribution in [0.3, 0.4) is 0 Å². The number of ether oxygens (including phenoxy) is 1. The van der Waals surface area contributed by atoms with Gasteiger partial charge < -0.3 is 23.5 Å². The second-order valence-corrected chi connectivity index (χ2v) is 6.33. The van der Waals surface area contributed by atoms with Crippen LogP contribution in [0, 0.1) is 13.8 Å². The molecule has 0 aliphatic heterocycles. The number of furan rings is 2. The summed E-state index contributed by atoms with van der Waals surface area (Å²) in [5.41, 5.74) is 2.11. The Kier molecular flexibility index (Phi) is 5.49. The van der Waals surface area contributed by atoms with Gasteiger partial charge in [0, 0.05) is 11.4 Å². The molecule has 7 nitrogen and oxygen atoms in total. The molecule has 3 heterocycles. The van der Waals surface area contributed by atoms with Gasteiger partial charge in [-0.15, -0.1) is 0 Å². The summed E-state index contributed by atoms with van der Waals surface area (Å²) in [6, 6.07) is 8.66. The van der Waals surface area contributed by atoms with E-state index in [9.17, 15) is 9.59 Å². The number of nitrogens with one attached hydrogen (secondary N) is 1. The first-order chi connectivity index (χ1) is 13.0. The zero-order valence-corrected chi connectivity index (χ0v) is 15.5. The van der Waals surface area contributed by atoms with E-state index in [0.29, 0.717) is 17.9 Å². The number of nitrogens with zero attached hydrogens (tertiary/aromatic N) is 1. The molecule has 0 aliphatic rings. The Balaban J connectivity index is 1.58. The second kappa shape index (κ2) is 7.99. The summed E-state index contributed by atoms with van der Waals surface area (Å²) in [5, 5.41) is 2.72. The summed E-state index contributed by atoms with van der Waals surface area (Å²) in [4.78, 5) is 24.4. The minimum absolute atomic E-state index is 0.301. The molecule has 27 heavy (non-hydrogen) atoms. The second-order valence-electron chi connectivity index (χ2n) is 6.33. The first-order valence-electron chi connectivity index (χ1n) is 8.64. The minimum Gasteiger partial charge on any atom is -0.467 e. The van der Waals surface area contributed by atoms with Gasteiger partial charge in [0.25, 0.3) is 5.91 Å². The number of rotatable bonds is 7. The molecule has 1 atom stereocenters. The largest absolute Gasteiger partial charge is 0.467 e. The fraction of sp³-hybridized carbons (Fsp3) is 0.300. The molecule has 142 valence electrons.